The molecule has 4 saturated heterocycles. The molecule has 20 atom stereocenters. The number of rotatable bonds is 9. The summed E-state index contributed by atoms with van der Waals surface area (Å²) >= 11 is 0. The molecule has 0 aromatic heterocycles. The summed E-state index contributed by atoms with van der Waals surface area (Å²) in [6.45, 7) is 16.1. The highest BCUT2D eigenvalue weighted by Gasteiger charge is 2.60. The zero-order valence-electron chi connectivity index (χ0n) is 40.1. The normalized spacial score (nSPS) is 48.4. The molecule has 0 saturated carbocycles. The second kappa shape index (κ2) is 20.4. The van der Waals surface area contributed by atoms with Gasteiger partial charge in [-0.05, 0) is 69.9 Å². The van der Waals surface area contributed by atoms with Crippen LogP contribution in [-0.2, 0) is 52.2 Å². The lowest BCUT2D eigenvalue weighted by Crippen LogP contribution is -2.66. The Morgan fingerprint density at radius 3 is 2.43 bits per heavy atom. The van der Waals surface area contributed by atoms with Crippen molar-refractivity contribution in [2.75, 3.05) is 27.9 Å². The van der Waals surface area contributed by atoms with Gasteiger partial charge in [-0.25, -0.2) is 0 Å². The minimum atomic E-state index is -1.84. The van der Waals surface area contributed by atoms with Crippen molar-refractivity contribution in [3.8, 4) is 6.07 Å². The number of aliphatic hydroxyl groups is 2. The summed E-state index contributed by atoms with van der Waals surface area (Å²) in [6, 6.07) is 2.36. The molecule has 65 heavy (non-hydrogen) atoms. The number of aliphatic hydroxyl groups excluding tert-OH is 1. The lowest BCUT2D eigenvalue weighted by Gasteiger charge is -2.48. The third-order valence-corrected chi connectivity index (χ3v) is 15.3. The Hall–Kier alpha value is -2.82. The standard InChI is InChI=1S/C50H74N2O13/c1-12-27(2)44-30(5)18-19-48(65-44)24-36-21-35(64-48)17-16-29(4)43(28(3)14-13-15-34-25-58-46-42(53)31(6)20-37(47(54)61-36)50(34,46)55)62-40-22-38(56-10)45(32(7)59-40)63-41-23-39(57-11)49(26-51,52-9)33(8)60-41/h13-16,18-20,27-28,30,32-33,35-46,52-53,55H,12,17,21-25H2,1-11H3/b14-13+,29-16+,34-15+/t27?,28-,30-,32-,33-,35+,36-,37-,38-,39-,40-,41-,42+,43-,44+,45-,46?,48+,49-,50+/m0/s1. The number of esters is 1. The van der Waals surface area contributed by atoms with Crippen LogP contribution in [0, 0.1) is 35.0 Å². The fraction of sp³-hybridized carbons (Fsp3) is 0.760. The van der Waals surface area contributed by atoms with Gasteiger partial charge in [-0.3, -0.25) is 10.1 Å². The summed E-state index contributed by atoms with van der Waals surface area (Å²) in [5.74, 6) is -2.61. The minimum absolute atomic E-state index is 0.0258. The number of methoxy groups -OCH3 is 2. The van der Waals surface area contributed by atoms with Gasteiger partial charge < -0.3 is 57.6 Å². The Labute approximate surface area is 385 Å². The van der Waals surface area contributed by atoms with Gasteiger partial charge in [-0.1, -0.05) is 70.6 Å². The summed E-state index contributed by atoms with van der Waals surface area (Å²) in [7, 11) is 4.96. The zero-order chi connectivity index (χ0) is 47.0. The van der Waals surface area contributed by atoms with Gasteiger partial charge in [0.1, 0.15) is 35.9 Å². The first-order chi connectivity index (χ1) is 31.0. The van der Waals surface area contributed by atoms with E-state index in [1.165, 1.54) is 0 Å². The lowest BCUT2D eigenvalue weighted by atomic mass is 9.71. The molecule has 6 aliphatic heterocycles. The summed E-state index contributed by atoms with van der Waals surface area (Å²) < 4.78 is 64.4. The van der Waals surface area contributed by atoms with E-state index in [1.54, 1.807) is 40.3 Å². The van der Waals surface area contributed by atoms with Crippen LogP contribution in [0.1, 0.15) is 93.9 Å². The molecular weight excluding hydrogens is 837 g/mol. The number of hydrogen-bond acceptors (Lipinski definition) is 15. The van der Waals surface area contributed by atoms with Gasteiger partial charge in [0.2, 0.25) is 0 Å². The molecular formula is C50H74N2O13. The Kier molecular flexibility index (Phi) is 15.7. The number of nitriles is 1. The molecule has 2 unspecified atom stereocenters. The maximum Gasteiger partial charge on any atom is 0.316 e. The van der Waals surface area contributed by atoms with E-state index in [0.29, 0.717) is 36.8 Å². The summed E-state index contributed by atoms with van der Waals surface area (Å²) in [4.78, 5) is 14.4. The molecule has 1 aliphatic carbocycles. The fourth-order valence-electron chi connectivity index (χ4n) is 11.2. The first-order valence-electron chi connectivity index (χ1n) is 23.7. The molecule has 2 bridgehead atoms. The maximum atomic E-state index is 14.4. The van der Waals surface area contributed by atoms with Crippen molar-refractivity contribution in [1.29, 1.82) is 5.26 Å². The average Bonchev–Trinajstić information content (AvgIpc) is 3.63. The monoisotopic (exact) mass is 911 g/mol. The molecule has 0 radical (unpaired) electrons. The first-order valence-corrected chi connectivity index (χ1v) is 23.7. The second-order valence-corrected chi connectivity index (χ2v) is 19.6. The van der Waals surface area contributed by atoms with Crippen LogP contribution in [0.2, 0.25) is 0 Å². The van der Waals surface area contributed by atoms with Crippen LogP contribution in [-0.4, -0.2) is 141 Å². The smallest absolute Gasteiger partial charge is 0.316 e. The number of ether oxygens (including phenoxy) is 10. The maximum absolute atomic E-state index is 14.4. The fourth-order valence-corrected chi connectivity index (χ4v) is 11.2. The van der Waals surface area contributed by atoms with Gasteiger partial charge in [-0.15, -0.1) is 0 Å². The van der Waals surface area contributed by atoms with E-state index in [2.05, 4.69) is 51.2 Å². The Morgan fingerprint density at radius 1 is 0.985 bits per heavy atom. The van der Waals surface area contributed by atoms with Crippen molar-refractivity contribution in [3.05, 3.63) is 59.3 Å². The van der Waals surface area contributed by atoms with E-state index in [9.17, 15) is 20.3 Å². The minimum Gasteiger partial charge on any atom is -0.462 e. The van der Waals surface area contributed by atoms with Crippen molar-refractivity contribution >= 4 is 5.97 Å². The second-order valence-electron chi connectivity index (χ2n) is 19.6. The number of nitrogens with one attached hydrogen (secondary N) is 1. The van der Waals surface area contributed by atoms with Gasteiger partial charge >= 0.3 is 5.97 Å². The molecule has 7 aliphatic rings. The third kappa shape index (κ3) is 9.76. The molecule has 4 fully saturated rings. The lowest BCUT2D eigenvalue weighted by molar-refractivity contribution is -0.315. The van der Waals surface area contributed by atoms with Crippen molar-refractivity contribution in [2.24, 2.45) is 23.7 Å². The molecule has 6 heterocycles. The quantitative estimate of drug-likeness (QED) is 0.195. The van der Waals surface area contributed by atoms with E-state index >= 15 is 0 Å². The van der Waals surface area contributed by atoms with Crippen molar-refractivity contribution in [3.63, 3.8) is 0 Å². The van der Waals surface area contributed by atoms with Crippen LogP contribution < -0.4 is 5.32 Å². The van der Waals surface area contributed by atoms with Crippen molar-refractivity contribution in [1.82, 2.24) is 5.32 Å². The van der Waals surface area contributed by atoms with E-state index in [-0.39, 0.29) is 36.9 Å². The van der Waals surface area contributed by atoms with Gasteiger partial charge in [0.25, 0.3) is 0 Å². The third-order valence-electron chi connectivity index (χ3n) is 15.3. The number of carbonyl (C=O) groups is 1. The number of fused-ring (bicyclic) bond motifs is 2. The summed E-state index contributed by atoms with van der Waals surface area (Å²) in [5, 5.41) is 37.0. The number of hydrogen-bond donors (Lipinski definition) is 3. The van der Waals surface area contributed by atoms with Gasteiger partial charge in [0, 0.05) is 51.7 Å². The van der Waals surface area contributed by atoms with Gasteiger partial charge in [0.05, 0.1) is 55.4 Å². The average molecular weight is 911 g/mol. The predicted molar refractivity (Wildman–Crippen MR) is 239 cm³/mol. The highest BCUT2D eigenvalue weighted by atomic mass is 16.7. The molecule has 3 N–H and O–H groups in total. The molecule has 0 aromatic carbocycles. The number of nitrogens with zero attached hydrogens (tertiary/aromatic N) is 1. The molecule has 15 heteroatoms. The number of likely N-dealkylation sites (N-methyl/N-ethyl adjacent to an activating group) is 1. The predicted octanol–water partition coefficient (Wildman–Crippen LogP) is 5.50. The molecule has 1 spiro atoms. The van der Waals surface area contributed by atoms with Crippen LogP contribution >= 0.6 is 0 Å². The highest BCUT2D eigenvalue weighted by Crippen LogP contribution is 2.47. The molecule has 7 rings (SSSR count). The molecule has 15 nitrogen and oxygen atoms in total. The largest absolute Gasteiger partial charge is 0.462 e. The van der Waals surface area contributed by atoms with E-state index < -0.39 is 102 Å². The van der Waals surface area contributed by atoms with Crippen LogP contribution in [0.5, 0.6) is 0 Å². The van der Waals surface area contributed by atoms with Crippen LogP contribution in [0.25, 0.3) is 0 Å². The summed E-state index contributed by atoms with van der Waals surface area (Å²) in [6.07, 6.45) is 8.90. The molecule has 0 aromatic rings. The SMILES string of the molecule is CCC(C)[C@H]1O[C@]2(C=C[C@@H]1C)C[C@@H]1C[C@@H](C/C=C(\C)[C@@H](O[C@H]3C[C@H](OC)[C@@H](O[C@H]4C[C@H](OC)[C@@](C#N)(NC)[C@H](C)O4)[C@H](C)O3)[C@@H](C)/C=C/C=C3\COC4[C@H](O)C(C)=C[C@@H](C(=O)O1)[C@]34O)O2. The van der Waals surface area contributed by atoms with Crippen LogP contribution in [0.3, 0.4) is 0 Å². The number of carbonyl (C=O) groups excluding carboxylic acids is 1. The van der Waals surface area contributed by atoms with Crippen molar-refractivity contribution < 1.29 is 62.4 Å². The van der Waals surface area contributed by atoms with Crippen LogP contribution in [0.4, 0.5) is 0 Å². The summed E-state index contributed by atoms with van der Waals surface area (Å²) in [5.41, 5.74) is -0.919. The van der Waals surface area contributed by atoms with Gasteiger partial charge in [-0.2, -0.15) is 5.26 Å². The highest BCUT2D eigenvalue weighted by molar-refractivity contribution is 5.78. The zero-order valence-corrected chi connectivity index (χ0v) is 40.1. The van der Waals surface area contributed by atoms with Crippen molar-refractivity contribution in [2.45, 2.75) is 191 Å². The first kappa shape index (κ1) is 50.1. The van der Waals surface area contributed by atoms with E-state index in [1.807, 2.05) is 39.0 Å². The Bertz CT molecular complexity index is 1900. The Balaban J connectivity index is 1.17. The Morgan fingerprint density at radius 2 is 1.74 bits per heavy atom. The molecule has 362 valence electrons. The van der Waals surface area contributed by atoms with E-state index in [4.69, 9.17) is 47.4 Å². The van der Waals surface area contributed by atoms with E-state index in [0.717, 1.165) is 12.0 Å². The van der Waals surface area contributed by atoms with Crippen LogP contribution in [0.15, 0.2) is 59.3 Å². The van der Waals surface area contributed by atoms with Gasteiger partial charge in [0.15, 0.2) is 23.9 Å². The topological polar surface area (TPSA) is 186 Å². The molecule has 0 amide bonds. The number of allylic oxidation sites excluding steroid dienone is 2.